The molecule has 1 aromatic carbocycles. The molecular formula is C26H30N4O4S. The zero-order valence-electron chi connectivity index (χ0n) is 20.6. The first-order chi connectivity index (χ1) is 16.6. The summed E-state index contributed by atoms with van der Waals surface area (Å²) in [5, 5.41) is 4.77. The maximum atomic E-state index is 12.9. The fraction of sp³-hybridized carbons (Fsp3) is 0.346. The largest absolute Gasteiger partial charge is 0.464 e. The highest BCUT2D eigenvalue weighted by Gasteiger charge is 2.16. The minimum absolute atomic E-state index is 0.0418. The van der Waals surface area contributed by atoms with Crippen LogP contribution in [0, 0.1) is 0 Å². The monoisotopic (exact) mass is 494 g/mol. The van der Waals surface area contributed by atoms with Crippen molar-refractivity contribution < 1.29 is 19.1 Å². The average Bonchev–Trinajstić information content (AvgIpc) is 3.22. The van der Waals surface area contributed by atoms with E-state index in [1.807, 2.05) is 9.95 Å². The minimum atomic E-state index is -0.621. The summed E-state index contributed by atoms with van der Waals surface area (Å²) in [5.74, 6) is -1.26. The molecule has 3 rings (SSSR count). The van der Waals surface area contributed by atoms with E-state index in [0.29, 0.717) is 24.3 Å². The molecule has 9 heteroatoms. The first kappa shape index (κ1) is 26.0. The van der Waals surface area contributed by atoms with Crippen LogP contribution in [0.4, 0.5) is 0 Å². The topological polar surface area (TPSA) is 103 Å². The second-order valence-corrected chi connectivity index (χ2v) is 9.87. The van der Waals surface area contributed by atoms with Gasteiger partial charge in [-0.15, -0.1) is 11.3 Å². The number of hydrogen-bond acceptors (Lipinski definition) is 6. The number of esters is 1. The maximum absolute atomic E-state index is 12.9. The Morgan fingerprint density at radius 3 is 2.40 bits per heavy atom. The van der Waals surface area contributed by atoms with Crippen molar-refractivity contribution in [2.75, 3.05) is 13.7 Å². The third kappa shape index (κ3) is 6.73. The summed E-state index contributed by atoms with van der Waals surface area (Å²) < 4.78 is 6.66. The van der Waals surface area contributed by atoms with E-state index in [0.717, 1.165) is 11.3 Å². The first-order valence-electron chi connectivity index (χ1n) is 11.3. The van der Waals surface area contributed by atoms with Crippen LogP contribution in [-0.4, -0.2) is 41.0 Å². The van der Waals surface area contributed by atoms with Gasteiger partial charge in [-0.25, -0.2) is 9.78 Å². The zero-order chi connectivity index (χ0) is 25.6. The Morgan fingerprint density at radius 2 is 1.77 bits per heavy atom. The number of methoxy groups -OCH3 is 1. The second-order valence-electron chi connectivity index (χ2n) is 9.04. The molecule has 0 saturated heterocycles. The van der Waals surface area contributed by atoms with Crippen LogP contribution in [0.15, 0.2) is 52.8 Å². The highest BCUT2D eigenvalue weighted by atomic mass is 32.1. The van der Waals surface area contributed by atoms with Crippen molar-refractivity contribution in [2.45, 2.75) is 46.1 Å². The summed E-state index contributed by atoms with van der Waals surface area (Å²) in [4.78, 5) is 44.9. The van der Waals surface area contributed by atoms with Gasteiger partial charge in [0.15, 0.2) is 4.80 Å². The van der Waals surface area contributed by atoms with Gasteiger partial charge in [-0.1, -0.05) is 51.1 Å². The fourth-order valence-electron chi connectivity index (χ4n) is 3.42. The summed E-state index contributed by atoms with van der Waals surface area (Å²) in [6, 6.07) is 12.9. The molecule has 2 aromatic heterocycles. The van der Waals surface area contributed by atoms with Gasteiger partial charge in [0.1, 0.15) is 11.4 Å². The molecular weight excluding hydrogens is 464 g/mol. The van der Waals surface area contributed by atoms with Crippen LogP contribution < -0.4 is 10.1 Å². The molecule has 3 aromatic rings. The molecule has 8 nitrogen and oxygen atoms in total. The van der Waals surface area contributed by atoms with Crippen LogP contribution in [0.2, 0.25) is 0 Å². The fourth-order valence-corrected chi connectivity index (χ4v) is 4.36. The molecule has 0 saturated carbocycles. The molecule has 1 N–H and O–H groups in total. The Morgan fingerprint density at radius 1 is 1.09 bits per heavy atom. The van der Waals surface area contributed by atoms with E-state index in [4.69, 9.17) is 0 Å². The van der Waals surface area contributed by atoms with Crippen molar-refractivity contribution in [1.82, 2.24) is 14.9 Å². The van der Waals surface area contributed by atoms with Crippen LogP contribution in [0.1, 0.15) is 60.7 Å². The number of hydrogen-bond donors (Lipinski definition) is 1. The van der Waals surface area contributed by atoms with E-state index in [-0.39, 0.29) is 22.7 Å². The van der Waals surface area contributed by atoms with E-state index in [1.54, 1.807) is 6.07 Å². The summed E-state index contributed by atoms with van der Waals surface area (Å²) in [5.41, 5.74) is 3.31. The van der Waals surface area contributed by atoms with Gasteiger partial charge in [0.25, 0.3) is 5.91 Å². The number of carbonyl (C=O) groups is 3. The van der Waals surface area contributed by atoms with Gasteiger partial charge in [-0.3, -0.25) is 9.59 Å². The number of rotatable bonds is 7. The molecule has 2 heterocycles. The molecule has 0 aliphatic carbocycles. The van der Waals surface area contributed by atoms with Crippen molar-refractivity contribution in [3.8, 4) is 11.3 Å². The lowest BCUT2D eigenvalue weighted by Crippen LogP contribution is -2.24. The maximum Gasteiger partial charge on any atom is 0.356 e. The molecule has 0 aliphatic heterocycles. The molecule has 0 aliphatic rings. The van der Waals surface area contributed by atoms with Gasteiger partial charge in [-0.05, 0) is 35.1 Å². The molecule has 0 radical (unpaired) electrons. The molecule has 0 bridgehead atoms. The van der Waals surface area contributed by atoms with E-state index in [1.165, 1.54) is 43.1 Å². The predicted octanol–water partition coefficient (Wildman–Crippen LogP) is 3.96. The zero-order valence-corrected chi connectivity index (χ0v) is 21.4. The SMILES string of the molecule is COC(=O)c1cccc(C(=O)N=c2scc(-c3ccc(C(C)(C)C)cc3)n2CCCNC(C)=O)n1. The number of thiazole rings is 1. The van der Waals surface area contributed by atoms with E-state index < -0.39 is 11.9 Å². The number of pyridine rings is 1. The third-order valence-electron chi connectivity index (χ3n) is 5.34. The highest BCUT2D eigenvalue weighted by Crippen LogP contribution is 2.26. The normalized spacial score (nSPS) is 11.9. The standard InChI is InChI=1S/C26H30N4O4S/c1-17(31)27-14-7-15-30-22(18-10-12-19(13-11-18)26(2,3)4)16-35-25(30)29-23(32)20-8-6-9-21(28-20)24(33)34-5/h6,8-13,16H,7,14-15H2,1-5H3,(H,27,31). The Balaban J connectivity index is 1.98. The lowest BCUT2D eigenvalue weighted by atomic mass is 9.86. The van der Waals surface area contributed by atoms with Crippen molar-refractivity contribution >= 4 is 29.1 Å². The molecule has 2 amide bonds. The van der Waals surface area contributed by atoms with Crippen molar-refractivity contribution in [1.29, 1.82) is 0 Å². The first-order valence-corrected chi connectivity index (χ1v) is 12.2. The van der Waals surface area contributed by atoms with Gasteiger partial charge in [-0.2, -0.15) is 4.99 Å². The van der Waals surface area contributed by atoms with Gasteiger partial charge < -0.3 is 14.6 Å². The van der Waals surface area contributed by atoms with Gasteiger partial charge in [0.05, 0.1) is 12.8 Å². The molecule has 0 unspecified atom stereocenters. The Bertz CT molecular complexity index is 1280. The van der Waals surface area contributed by atoms with Crippen LogP contribution in [0.5, 0.6) is 0 Å². The minimum Gasteiger partial charge on any atom is -0.464 e. The van der Waals surface area contributed by atoms with E-state index in [9.17, 15) is 14.4 Å². The number of nitrogens with zero attached hydrogens (tertiary/aromatic N) is 3. The van der Waals surface area contributed by atoms with Crippen molar-refractivity contribution in [2.24, 2.45) is 4.99 Å². The van der Waals surface area contributed by atoms with Gasteiger partial charge in [0.2, 0.25) is 5.91 Å². The number of nitrogens with one attached hydrogen (secondary N) is 1. The number of amides is 2. The van der Waals surface area contributed by atoms with Gasteiger partial charge >= 0.3 is 5.97 Å². The van der Waals surface area contributed by atoms with E-state index in [2.05, 4.69) is 65.1 Å². The molecule has 0 spiro atoms. The molecule has 184 valence electrons. The Hall–Kier alpha value is -3.59. The molecule has 35 heavy (non-hydrogen) atoms. The lowest BCUT2D eigenvalue weighted by molar-refractivity contribution is -0.118. The third-order valence-corrected chi connectivity index (χ3v) is 6.20. The predicted molar refractivity (Wildman–Crippen MR) is 135 cm³/mol. The Kier molecular flexibility index (Phi) is 8.34. The van der Waals surface area contributed by atoms with Crippen LogP contribution in [0.25, 0.3) is 11.3 Å². The number of ether oxygens (including phenoxy) is 1. The molecule has 0 atom stereocenters. The second kappa shape index (κ2) is 11.2. The molecule has 0 fully saturated rings. The number of aromatic nitrogens is 2. The van der Waals surface area contributed by atoms with Crippen LogP contribution in [0.3, 0.4) is 0 Å². The van der Waals surface area contributed by atoms with E-state index >= 15 is 0 Å². The van der Waals surface area contributed by atoms with Crippen LogP contribution >= 0.6 is 11.3 Å². The smallest absolute Gasteiger partial charge is 0.356 e. The quantitative estimate of drug-likeness (QED) is 0.396. The number of carbonyl (C=O) groups excluding carboxylic acids is 3. The summed E-state index contributed by atoms with van der Waals surface area (Å²) in [7, 11) is 1.26. The van der Waals surface area contributed by atoms with Gasteiger partial charge in [0, 0.05) is 25.4 Å². The number of benzene rings is 1. The van der Waals surface area contributed by atoms with Crippen molar-refractivity contribution in [3.05, 3.63) is 69.6 Å². The lowest BCUT2D eigenvalue weighted by Gasteiger charge is -2.19. The summed E-state index contributed by atoms with van der Waals surface area (Å²) in [6.45, 7) is 9.05. The average molecular weight is 495 g/mol. The summed E-state index contributed by atoms with van der Waals surface area (Å²) in [6.07, 6.45) is 0.668. The van der Waals surface area contributed by atoms with Crippen LogP contribution in [-0.2, 0) is 21.5 Å². The Labute approximate surface area is 208 Å². The highest BCUT2D eigenvalue weighted by molar-refractivity contribution is 7.07. The van der Waals surface area contributed by atoms with Crippen molar-refractivity contribution in [3.63, 3.8) is 0 Å². The summed E-state index contributed by atoms with van der Waals surface area (Å²) >= 11 is 1.35.